The van der Waals surface area contributed by atoms with Gasteiger partial charge in [-0.15, -0.1) is 0 Å². The fourth-order valence-electron chi connectivity index (χ4n) is 3.44. The summed E-state index contributed by atoms with van der Waals surface area (Å²) in [6, 6.07) is 10.7. The zero-order valence-corrected chi connectivity index (χ0v) is 22.9. The Kier molecular flexibility index (Phi) is 9.33. The summed E-state index contributed by atoms with van der Waals surface area (Å²) in [7, 11) is 2.78. The van der Waals surface area contributed by atoms with Gasteiger partial charge in [0.2, 0.25) is 0 Å². The van der Waals surface area contributed by atoms with Crippen molar-refractivity contribution >= 4 is 48.7 Å². The molecule has 0 saturated heterocycles. The molecule has 0 bridgehead atoms. The Morgan fingerprint density at radius 2 is 1.63 bits per heavy atom. The molecule has 4 rings (SSSR count). The van der Waals surface area contributed by atoms with Gasteiger partial charge < -0.3 is 4.74 Å². The van der Waals surface area contributed by atoms with Crippen LogP contribution < -0.4 is 16.1 Å². The summed E-state index contributed by atoms with van der Waals surface area (Å²) in [6.07, 6.45) is 0. The number of rotatable bonds is 5. The Hall–Kier alpha value is -3.23. The first-order chi connectivity index (χ1) is 17.8. The maximum absolute atomic E-state index is 13.7. The number of carbonyl (C=O) groups excluding carboxylic acids is 1. The molecule has 7 nitrogen and oxygen atoms in total. The van der Waals surface area contributed by atoms with Gasteiger partial charge >= 0.3 is 6.61 Å². The van der Waals surface area contributed by atoms with Crippen LogP contribution in [0, 0.1) is 17.5 Å². The number of fused-ring (bicyclic) bond motifs is 1. The van der Waals surface area contributed by atoms with Gasteiger partial charge in [0.15, 0.2) is 0 Å². The van der Waals surface area contributed by atoms with Crippen LogP contribution in [0.25, 0.3) is 10.9 Å². The SMILES string of the molecule is CN(N)C(=O)c1cc(F)c(Br)cc1F.Cn1c(=O)c2cc(F)c(Br)cc2n1Cc1ccccc1OC(F)F. The molecule has 0 unspecified atom stereocenters. The van der Waals surface area contributed by atoms with E-state index in [9.17, 15) is 31.5 Å². The predicted octanol–water partition coefficient (Wildman–Crippen LogP) is 5.56. The summed E-state index contributed by atoms with van der Waals surface area (Å²) in [5, 5.41) is 0.900. The summed E-state index contributed by atoms with van der Waals surface area (Å²) in [4.78, 5) is 23.5. The summed E-state index contributed by atoms with van der Waals surface area (Å²) in [6.45, 7) is -2.82. The third kappa shape index (κ3) is 6.42. The average molecular weight is 666 g/mol. The van der Waals surface area contributed by atoms with E-state index in [0.29, 0.717) is 16.1 Å². The van der Waals surface area contributed by atoms with Crippen molar-refractivity contribution in [2.45, 2.75) is 13.2 Å². The number of alkyl halides is 2. The number of hydrazine groups is 1. The van der Waals surface area contributed by atoms with Crippen LogP contribution in [0.2, 0.25) is 0 Å². The zero-order valence-electron chi connectivity index (χ0n) is 19.7. The van der Waals surface area contributed by atoms with E-state index in [2.05, 4.69) is 36.6 Å². The number of benzene rings is 3. The second kappa shape index (κ2) is 12.1. The van der Waals surface area contributed by atoms with E-state index >= 15 is 0 Å². The number of hydrogen-bond acceptors (Lipinski definition) is 4. The van der Waals surface area contributed by atoms with Crippen LogP contribution in [0.1, 0.15) is 15.9 Å². The molecule has 0 radical (unpaired) electrons. The largest absolute Gasteiger partial charge is 0.434 e. The van der Waals surface area contributed by atoms with Crippen molar-refractivity contribution in [3.63, 3.8) is 0 Å². The molecule has 0 spiro atoms. The standard InChI is InChI=1S/C16H12BrF3N2O2.C8H7BrF2N2O/c1-21-15(23)10-6-12(18)11(17)7-13(10)22(21)8-9-4-2-3-5-14(9)24-16(19)20;1-13(12)8(14)4-2-7(11)5(9)3-6(4)10/h2-7,16H,8H2,1H3;2-3H,12H2,1H3. The molecule has 1 amide bonds. The molecule has 3 aromatic carbocycles. The van der Waals surface area contributed by atoms with Crippen LogP contribution >= 0.6 is 31.9 Å². The number of para-hydroxylation sites is 1. The van der Waals surface area contributed by atoms with Crippen molar-refractivity contribution in [2.75, 3.05) is 7.05 Å². The lowest BCUT2D eigenvalue weighted by molar-refractivity contribution is -0.0505. The number of nitrogens with two attached hydrogens (primary N) is 1. The van der Waals surface area contributed by atoms with Crippen LogP contribution in [-0.4, -0.2) is 33.9 Å². The summed E-state index contributed by atoms with van der Waals surface area (Å²) >= 11 is 5.89. The molecule has 202 valence electrons. The second-order valence-corrected chi connectivity index (χ2v) is 9.53. The topological polar surface area (TPSA) is 82.5 Å². The third-order valence-corrected chi connectivity index (χ3v) is 6.49. The zero-order chi connectivity index (χ0) is 28.3. The molecule has 1 aromatic heterocycles. The number of aromatic nitrogens is 2. The van der Waals surface area contributed by atoms with Crippen LogP contribution in [-0.2, 0) is 13.6 Å². The number of hydrogen-bond donors (Lipinski definition) is 1. The lowest BCUT2D eigenvalue weighted by Crippen LogP contribution is -2.33. The fourth-order valence-corrected chi connectivity index (χ4v) is 4.09. The minimum Gasteiger partial charge on any atom is -0.434 e. The Bertz CT molecular complexity index is 1560. The Balaban J connectivity index is 0.000000244. The van der Waals surface area contributed by atoms with E-state index in [-0.39, 0.29) is 32.2 Å². The Morgan fingerprint density at radius 1 is 1.03 bits per heavy atom. The van der Waals surface area contributed by atoms with Crippen molar-refractivity contribution in [3.8, 4) is 5.75 Å². The maximum Gasteiger partial charge on any atom is 0.387 e. The van der Waals surface area contributed by atoms with Gasteiger partial charge in [-0.05, 0) is 62.2 Å². The third-order valence-electron chi connectivity index (χ3n) is 5.27. The monoisotopic (exact) mass is 664 g/mol. The highest BCUT2D eigenvalue weighted by Gasteiger charge is 2.18. The highest BCUT2D eigenvalue weighted by molar-refractivity contribution is 9.10. The van der Waals surface area contributed by atoms with Gasteiger partial charge in [0.1, 0.15) is 23.2 Å². The average Bonchev–Trinajstić information content (AvgIpc) is 3.06. The summed E-state index contributed by atoms with van der Waals surface area (Å²) in [5.41, 5.74) is 0.202. The molecule has 1 heterocycles. The molecule has 0 aliphatic rings. The molecule has 4 aromatic rings. The first kappa shape index (κ1) is 29.3. The van der Waals surface area contributed by atoms with E-state index in [0.717, 1.165) is 18.2 Å². The van der Waals surface area contributed by atoms with Crippen LogP contribution in [0.5, 0.6) is 5.75 Å². The van der Waals surface area contributed by atoms with Gasteiger partial charge in [0.05, 0.1) is 32.0 Å². The Morgan fingerprint density at radius 3 is 2.26 bits per heavy atom. The van der Waals surface area contributed by atoms with Crippen molar-refractivity contribution < 1.29 is 31.5 Å². The molecule has 0 fully saturated rings. The number of carbonyl (C=O) groups is 1. The number of amides is 1. The maximum atomic E-state index is 13.7. The van der Waals surface area contributed by atoms with Crippen LogP contribution in [0.15, 0.2) is 62.3 Å². The van der Waals surface area contributed by atoms with Gasteiger partial charge in [0, 0.05) is 19.7 Å². The van der Waals surface area contributed by atoms with E-state index < -0.39 is 35.5 Å². The van der Waals surface area contributed by atoms with Crippen molar-refractivity contribution in [1.82, 2.24) is 14.4 Å². The second-order valence-electron chi connectivity index (χ2n) is 7.82. The summed E-state index contributed by atoms with van der Waals surface area (Å²) < 4.78 is 72.5. The number of ether oxygens (including phenoxy) is 1. The molecule has 0 aliphatic heterocycles. The molecule has 0 atom stereocenters. The molecule has 0 saturated carbocycles. The van der Waals surface area contributed by atoms with Gasteiger partial charge in [-0.1, -0.05) is 18.2 Å². The van der Waals surface area contributed by atoms with E-state index in [1.54, 1.807) is 22.9 Å². The number of halogens is 7. The molecular formula is C24H19Br2F5N4O3. The van der Waals surface area contributed by atoms with E-state index in [1.165, 1.54) is 30.9 Å². The van der Waals surface area contributed by atoms with Crippen LogP contribution in [0.4, 0.5) is 22.0 Å². The van der Waals surface area contributed by atoms with Gasteiger partial charge in [0.25, 0.3) is 11.5 Å². The Labute approximate surface area is 229 Å². The van der Waals surface area contributed by atoms with Gasteiger partial charge in [-0.3, -0.25) is 24.0 Å². The van der Waals surface area contributed by atoms with Crippen molar-refractivity contribution in [2.24, 2.45) is 12.9 Å². The molecule has 14 heteroatoms. The first-order valence-corrected chi connectivity index (χ1v) is 12.1. The molecular weight excluding hydrogens is 647 g/mol. The normalized spacial score (nSPS) is 10.9. The fraction of sp³-hybridized carbons (Fsp3) is 0.167. The first-order valence-electron chi connectivity index (χ1n) is 10.6. The van der Waals surface area contributed by atoms with Crippen LogP contribution in [0.3, 0.4) is 0 Å². The molecule has 38 heavy (non-hydrogen) atoms. The van der Waals surface area contributed by atoms with Crippen molar-refractivity contribution in [1.29, 1.82) is 0 Å². The van der Waals surface area contributed by atoms with E-state index in [1.807, 2.05) is 0 Å². The van der Waals surface area contributed by atoms with Gasteiger partial charge in [-0.2, -0.15) is 8.78 Å². The predicted molar refractivity (Wildman–Crippen MR) is 137 cm³/mol. The minimum atomic E-state index is -2.94. The smallest absolute Gasteiger partial charge is 0.387 e. The highest BCUT2D eigenvalue weighted by atomic mass is 79.9. The quantitative estimate of drug-likeness (QED) is 0.0995. The molecule has 0 aliphatic carbocycles. The lowest BCUT2D eigenvalue weighted by atomic mass is 10.2. The summed E-state index contributed by atoms with van der Waals surface area (Å²) in [5.74, 6) is 2.28. The van der Waals surface area contributed by atoms with Crippen molar-refractivity contribution in [3.05, 3.63) is 96.4 Å². The van der Waals surface area contributed by atoms with Gasteiger partial charge in [-0.25, -0.2) is 19.0 Å². The van der Waals surface area contributed by atoms with E-state index in [4.69, 9.17) is 5.84 Å². The lowest BCUT2D eigenvalue weighted by Gasteiger charge is -2.13. The highest BCUT2D eigenvalue weighted by Crippen LogP contribution is 2.26. The minimum absolute atomic E-state index is 0.0305. The number of nitrogens with zero attached hydrogens (tertiary/aromatic N) is 3. The molecule has 2 N–H and O–H groups in total.